The molecule has 0 aromatic heterocycles. The highest BCUT2D eigenvalue weighted by atomic mass is 32.2. The molecule has 1 aromatic rings. The molecule has 0 aliphatic carbocycles. The third kappa shape index (κ3) is 5.28. The molecule has 124 valence electrons. The van der Waals surface area contributed by atoms with Gasteiger partial charge in [-0.2, -0.15) is 16.5 Å². The zero-order valence-electron chi connectivity index (χ0n) is 13.2. The van der Waals surface area contributed by atoms with Crippen LogP contribution in [0.15, 0.2) is 29.2 Å². The second-order valence-corrected chi connectivity index (χ2v) is 7.49. The summed E-state index contributed by atoms with van der Waals surface area (Å²) in [5.41, 5.74) is 0.966. The lowest BCUT2D eigenvalue weighted by Crippen LogP contribution is -2.47. The van der Waals surface area contributed by atoms with E-state index >= 15 is 0 Å². The van der Waals surface area contributed by atoms with Crippen LogP contribution in [0.3, 0.4) is 0 Å². The van der Waals surface area contributed by atoms with E-state index < -0.39 is 22.0 Å². The molecule has 0 bridgehead atoms. The van der Waals surface area contributed by atoms with Crippen LogP contribution in [0.25, 0.3) is 0 Å². The number of aryl methyl sites for hydroxylation is 1. The molecular formula is C14H22N2O4S2. The number of thioether (sulfide) groups is 1. The molecule has 0 aliphatic rings. The van der Waals surface area contributed by atoms with Gasteiger partial charge in [0.1, 0.15) is 6.04 Å². The third-order valence-corrected chi connectivity index (χ3v) is 5.25. The van der Waals surface area contributed by atoms with Crippen LogP contribution >= 0.6 is 11.8 Å². The summed E-state index contributed by atoms with van der Waals surface area (Å²) >= 11 is 1.54. The van der Waals surface area contributed by atoms with Gasteiger partial charge in [-0.05, 0) is 37.5 Å². The van der Waals surface area contributed by atoms with Crippen molar-refractivity contribution in [3.8, 4) is 0 Å². The Balaban J connectivity index is 2.96. The minimum absolute atomic E-state index is 0.139. The predicted octanol–water partition coefficient (Wildman–Crippen LogP) is 1.41. The van der Waals surface area contributed by atoms with Crippen LogP contribution in [-0.4, -0.2) is 51.6 Å². The van der Waals surface area contributed by atoms with Crippen molar-refractivity contribution in [3.63, 3.8) is 0 Å². The summed E-state index contributed by atoms with van der Waals surface area (Å²) in [4.78, 5) is 17.2. The highest BCUT2D eigenvalue weighted by Gasteiger charge is 2.27. The van der Waals surface area contributed by atoms with E-state index in [0.717, 1.165) is 10.6 Å². The molecule has 1 atom stereocenters. The van der Waals surface area contributed by atoms with Gasteiger partial charge in [0.25, 0.3) is 5.91 Å². The van der Waals surface area contributed by atoms with E-state index in [0.29, 0.717) is 12.2 Å². The maximum atomic E-state index is 12.4. The van der Waals surface area contributed by atoms with Crippen LogP contribution in [0.2, 0.25) is 0 Å². The number of nitrogens with one attached hydrogen (secondary N) is 1. The molecule has 1 amide bonds. The van der Waals surface area contributed by atoms with E-state index in [4.69, 9.17) is 4.84 Å². The SMILES string of the molecule is CON(C)C(=O)[C@H](CCSC)NS(=O)(=O)c1ccc(C)cc1. The number of hydroxylamine groups is 2. The number of nitrogens with zero attached hydrogens (tertiary/aromatic N) is 1. The van der Waals surface area contributed by atoms with Gasteiger partial charge >= 0.3 is 0 Å². The first kappa shape index (κ1) is 19.0. The van der Waals surface area contributed by atoms with Crippen LogP contribution in [0.5, 0.6) is 0 Å². The van der Waals surface area contributed by atoms with Crippen molar-refractivity contribution >= 4 is 27.7 Å². The first-order chi connectivity index (χ1) is 10.3. The minimum Gasteiger partial charge on any atom is -0.275 e. The number of hydrogen-bond donors (Lipinski definition) is 1. The van der Waals surface area contributed by atoms with Gasteiger partial charge in [-0.3, -0.25) is 9.63 Å². The number of rotatable bonds is 8. The van der Waals surface area contributed by atoms with Crippen LogP contribution in [0, 0.1) is 6.92 Å². The van der Waals surface area contributed by atoms with Crippen LogP contribution < -0.4 is 4.72 Å². The fourth-order valence-corrected chi connectivity index (χ4v) is 3.45. The summed E-state index contributed by atoms with van der Waals surface area (Å²) < 4.78 is 27.3. The molecule has 0 saturated heterocycles. The van der Waals surface area contributed by atoms with E-state index in [1.807, 2.05) is 13.2 Å². The second-order valence-electron chi connectivity index (χ2n) is 4.79. The summed E-state index contributed by atoms with van der Waals surface area (Å²) in [5.74, 6) is 0.233. The Kier molecular flexibility index (Phi) is 7.34. The number of benzene rings is 1. The average Bonchev–Trinajstić information content (AvgIpc) is 2.50. The molecule has 22 heavy (non-hydrogen) atoms. The van der Waals surface area contributed by atoms with Gasteiger partial charge in [0.05, 0.1) is 12.0 Å². The first-order valence-corrected chi connectivity index (χ1v) is 9.59. The van der Waals surface area contributed by atoms with Crippen molar-refractivity contribution in [2.45, 2.75) is 24.3 Å². The van der Waals surface area contributed by atoms with Gasteiger partial charge in [-0.15, -0.1) is 0 Å². The quantitative estimate of drug-likeness (QED) is 0.721. The molecular weight excluding hydrogens is 324 g/mol. The van der Waals surface area contributed by atoms with Gasteiger partial charge in [-0.1, -0.05) is 17.7 Å². The predicted molar refractivity (Wildman–Crippen MR) is 88.1 cm³/mol. The zero-order valence-corrected chi connectivity index (χ0v) is 14.8. The second kappa shape index (κ2) is 8.52. The van der Waals surface area contributed by atoms with Gasteiger partial charge in [0, 0.05) is 7.05 Å². The minimum atomic E-state index is -3.76. The lowest BCUT2D eigenvalue weighted by Gasteiger charge is -2.22. The summed E-state index contributed by atoms with van der Waals surface area (Å²) in [6.45, 7) is 1.88. The molecule has 1 rings (SSSR count). The smallest absolute Gasteiger partial charge is 0.264 e. The molecule has 0 unspecified atom stereocenters. The van der Waals surface area contributed by atoms with Gasteiger partial charge in [0.2, 0.25) is 10.0 Å². The molecule has 0 spiro atoms. The normalized spacial score (nSPS) is 12.9. The fourth-order valence-electron chi connectivity index (χ4n) is 1.75. The summed E-state index contributed by atoms with van der Waals surface area (Å²) in [7, 11) is -0.944. The van der Waals surface area contributed by atoms with E-state index in [9.17, 15) is 13.2 Å². The Morgan fingerprint density at radius 2 is 1.95 bits per heavy atom. The topological polar surface area (TPSA) is 75.7 Å². The Morgan fingerprint density at radius 3 is 2.45 bits per heavy atom. The molecule has 0 fully saturated rings. The number of sulfonamides is 1. The summed E-state index contributed by atoms with van der Waals surface area (Å²) in [6, 6.07) is 5.62. The van der Waals surface area contributed by atoms with Crippen LogP contribution in [-0.2, 0) is 19.7 Å². The Morgan fingerprint density at radius 1 is 1.36 bits per heavy atom. The Labute approximate surface area is 136 Å². The van der Waals surface area contributed by atoms with Crippen LogP contribution in [0.1, 0.15) is 12.0 Å². The number of hydrogen-bond acceptors (Lipinski definition) is 5. The molecule has 0 heterocycles. The molecule has 0 saturated carbocycles. The van der Waals surface area contributed by atoms with Crippen molar-refractivity contribution < 1.29 is 18.0 Å². The van der Waals surface area contributed by atoms with Crippen LogP contribution in [0.4, 0.5) is 0 Å². The van der Waals surface area contributed by atoms with E-state index in [1.54, 1.807) is 23.9 Å². The summed E-state index contributed by atoms with van der Waals surface area (Å²) in [5, 5.41) is 1.03. The molecule has 6 nitrogen and oxygen atoms in total. The molecule has 0 aliphatic heterocycles. The van der Waals surface area contributed by atoms with Crippen molar-refractivity contribution in [2.75, 3.05) is 26.2 Å². The standard InChI is InChI=1S/C14H22N2O4S2/c1-11-5-7-12(8-6-11)22(18,19)15-13(9-10-21-4)14(17)16(2)20-3/h5-8,13,15H,9-10H2,1-4H3/t13-/m0/s1. The maximum absolute atomic E-state index is 12.4. The third-order valence-electron chi connectivity index (χ3n) is 3.12. The Bertz CT molecular complexity index is 587. The number of amides is 1. The van der Waals surface area contributed by atoms with Crippen molar-refractivity contribution in [1.29, 1.82) is 0 Å². The highest BCUT2D eigenvalue weighted by molar-refractivity contribution is 7.98. The van der Waals surface area contributed by atoms with E-state index in [1.165, 1.54) is 26.3 Å². The Hall–Kier alpha value is -1.09. The molecule has 1 aromatic carbocycles. The lowest BCUT2D eigenvalue weighted by molar-refractivity contribution is -0.170. The number of carbonyl (C=O) groups excluding carboxylic acids is 1. The van der Waals surface area contributed by atoms with E-state index in [2.05, 4.69) is 4.72 Å². The monoisotopic (exact) mass is 346 g/mol. The highest BCUT2D eigenvalue weighted by Crippen LogP contribution is 2.13. The van der Waals surface area contributed by atoms with Crippen molar-refractivity contribution in [2.24, 2.45) is 0 Å². The maximum Gasteiger partial charge on any atom is 0.264 e. The number of carbonyl (C=O) groups is 1. The average molecular weight is 346 g/mol. The molecule has 8 heteroatoms. The van der Waals surface area contributed by atoms with E-state index in [-0.39, 0.29) is 4.90 Å². The first-order valence-electron chi connectivity index (χ1n) is 6.71. The molecule has 0 radical (unpaired) electrons. The van der Waals surface area contributed by atoms with Gasteiger partial charge in [0.15, 0.2) is 0 Å². The zero-order chi connectivity index (χ0) is 16.8. The lowest BCUT2D eigenvalue weighted by atomic mass is 10.2. The molecule has 1 N–H and O–H groups in total. The van der Waals surface area contributed by atoms with Gasteiger partial charge < -0.3 is 0 Å². The fraction of sp³-hybridized carbons (Fsp3) is 0.500. The summed E-state index contributed by atoms with van der Waals surface area (Å²) in [6.07, 6.45) is 2.29. The van der Waals surface area contributed by atoms with Gasteiger partial charge in [-0.25, -0.2) is 13.5 Å². The van der Waals surface area contributed by atoms with Crippen molar-refractivity contribution in [1.82, 2.24) is 9.79 Å². The van der Waals surface area contributed by atoms with Crippen molar-refractivity contribution in [3.05, 3.63) is 29.8 Å². The number of likely N-dealkylation sites (N-methyl/N-ethyl adjacent to an activating group) is 1. The largest absolute Gasteiger partial charge is 0.275 e.